The van der Waals surface area contributed by atoms with E-state index in [-0.39, 0.29) is 29.8 Å². The van der Waals surface area contributed by atoms with Crippen molar-refractivity contribution in [1.29, 1.82) is 0 Å². The van der Waals surface area contributed by atoms with Gasteiger partial charge in [-0.1, -0.05) is 32.9 Å². The summed E-state index contributed by atoms with van der Waals surface area (Å²) in [5.74, 6) is 0.589. The van der Waals surface area contributed by atoms with Crippen molar-refractivity contribution >= 4 is 22.6 Å². The van der Waals surface area contributed by atoms with E-state index < -0.39 is 0 Å². The molecule has 4 rings (SSSR count). The summed E-state index contributed by atoms with van der Waals surface area (Å²) in [6.07, 6.45) is 4.81. The Bertz CT molecular complexity index is 1290. The smallest absolute Gasteiger partial charge is 0.261 e. The van der Waals surface area contributed by atoms with Crippen LogP contribution >= 0.6 is 0 Å². The van der Waals surface area contributed by atoms with Crippen molar-refractivity contribution < 1.29 is 4.79 Å². The Morgan fingerprint density at radius 2 is 1.81 bits per heavy atom. The number of nitrogens with one attached hydrogen (secondary N) is 1. The zero-order valence-electron chi connectivity index (χ0n) is 17.6. The molecule has 0 radical (unpaired) electrons. The van der Waals surface area contributed by atoms with Gasteiger partial charge in [0.15, 0.2) is 0 Å². The highest BCUT2D eigenvalue weighted by atomic mass is 16.2. The molecule has 1 amide bonds. The van der Waals surface area contributed by atoms with Crippen LogP contribution in [0.3, 0.4) is 0 Å². The lowest BCUT2D eigenvalue weighted by atomic mass is 9.92. The van der Waals surface area contributed by atoms with Crippen molar-refractivity contribution in [3.8, 4) is 5.95 Å². The second-order valence-electron chi connectivity index (χ2n) is 8.18. The molecule has 0 saturated carbocycles. The number of nitrogens with zero attached hydrogens (tertiary/aromatic N) is 6. The third-order valence-electron chi connectivity index (χ3n) is 4.80. The first-order valence-corrected chi connectivity index (χ1v) is 9.95. The maximum Gasteiger partial charge on any atom is 0.261 e. The predicted octanol–water partition coefficient (Wildman–Crippen LogP) is 2.70. The molecule has 4 aromatic rings. The van der Waals surface area contributed by atoms with Crippen molar-refractivity contribution in [1.82, 2.24) is 29.3 Å². The maximum absolute atomic E-state index is 12.7. The highest BCUT2D eigenvalue weighted by molar-refractivity contribution is 5.90. The van der Waals surface area contributed by atoms with Crippen LogP contribution in [0.1, 0.15) is 32.9 Å². The van der Waals surface area contributed by atoms with E-state index in [4.69, 9.17) is 0 Å². The van der Waals surface area contributed by atoms with Crippen LogP contribution in [0, 0.1) is 0 Å². The molecular weight excluding hydrogens is 394 g/mol. The number of hydrogen-bond donors (Lipinski definition) is 1. The number of benzene rings is 1. The number of carbonyl (C=O) groups excluding carboxylic acids is 1. The predicted molar refractivity (Wildman–Crippen MR) is 117 cm³/mol. The van der Waals surface area contributed by atoms with Crippen LogP contribution in [0.4, 0.5) is 5.82 Å². The molecule has 158 valence electrons. The van der Waals surface area contributed by atoms with E-state index in [9.17, 15) is 9.59 Å². The summed E-state index contributed by atoms with van der Waals surface area (Å²) in [6.45, 7) is 6.33. The van der Waals surface area contributed by atoms with E-state index in [2.05, 4.69) is 25.4 Å². The van der Waals surface area contributed by atoms with E-state index in [0.717, 1.165) is 5.69 Å². The average Bonchev–Trinajstić information content (AvgIpc) is 3.18. The number of aryl methyl sites for hydroxylation is 1. The van der Waals surface area contributed by atoms with Crippen molar-refractivity contribution in [3.63, 3.8) is 0 Å². The largest absolute Gasteiger partial charge is 0.310 e. The van der Waals surface area contributed by atoms with Crippen LogP contribution in [0.15, 0.2) is 59.9 Å². The monoisotopic (exact) mass is 417 g/mol. The van der Waals surface area contributed by atoms with Gasteiger partial charge < -0.3 is 5.32 Å². The van der Waals surface area contributed by atoms with E-state index in [0.29, 0.717) is 22.7 Å². The summed E-state index contributed by atoms with van der Waals surface area (Å²) in [6, 6.07) is 10.7. The molecule has 0 spiro atoms. The van der Waals surface area contributed by atoms with Gasteiger partial charge in [-0.15, -0.1) is 0 Å². The van der Waals surface area contributed by atoms with Gasteiger partial charge in [-0.2, -0.15) is 9.78 Å². The first-order valence-electron chi connectivity index (χ1n) is 9.95. The lowest BCUT2D eigenvalue weighted by molar-refractivity contribution is -0.116. The molecule has 0 bridgehead atoms. The minimum Gasteiger partial charge on any atom is -0.310 e. The van der Waals surface area contributed by atoms with Gasteiger partial charge >= 0.3 is 0 Å². The maximum atomic E-state index is 12.7. The lowest BCUT2D eigenvalue weighted by Crippen LogP contribution is -2.24. The second kappa shape index (κ2) is 8.10. The normalized spacial score (nSPS) is 11.6. The Morgan fingerprint density at radius 1 is 1.06 bits per heavy atom. The highest BCUT2D eigenvalue weighted by Gasteiger charge is 2.22. The van der Waals surface area contributed by atoms with Gasteiger partial charge in [0.1, 0.15) is 5.82 Å². The number of anilines is 1. The Balaban J connectivity index is 1.54. The molecule has 1 N–H and O–H groups in total. The van der Waals surface area contributed by atoms with Gasteiger partial charge in [-0.25, -0.2) is 15.0 Å². The van der Waals surface area contributed by atoms with Crippen LogP contribution in [0.25, 0.3) is 16.9 Å². The number of carbonyl (C=O) groups is 1. The van der Waals surface area contributed by atoms with Crippen LogP contribution in [0.2, 0.25) is 0 Å². The number of rotatable bonds is 5. The number of hydrogen-bond acceptors (Lipinski definition) is 6. The summed E-state index contributed by atoms with van der Waals surface area (Å²) in [4.78, 5) is 38.0. The summed E-state index contributed by atoms with van der Waals surface area (Å²) in [7, 11) is 0. The molecule has 0 fully saturated rings. The quantitative estimate of drug-likeness (QED) is 0.535. The molecule has 0 saturated heterocycles. The van der Waals surface area contributed by atoms with Gasteiger partial charge in [-0.3, -0.25) is 14.2 Å². The molecule has 31 heavy (non-hydrogen) atoms. The molecule has 1 aromatic carbocycles. The Hall–Kier alpha value is -3.88. The van der Waals surface area contributed by atoms with Crippen molar-refractivity contribution in [2.24, 2.45) is 0 Å². The fourth-order valence-electron chi connectivity index (χ4n) is 3.08. The third kappa shape index (κ3) is 4.35. The van der Waals surface area contributed by atoms with Crippen LogP contribution in [-0.4, -0.2) is 35.2 Å². The third-order valence-corrected chi connectivity index (χ3v) is 4.80. The molecule has 0 aliphatic rings. The highest BCUT2D eigenvalue weighted by Crippen LogP contribution is 2.25. The zero-order chi connectivity index (χ0) is 22.0. The zero-order valence-corrected chi connectivity index (χ0v) is 17.6. The van der Waals surface area contributed by atoms with E-state index in [1.807, 2.05) is 32.9 Å². The van der Waals surface area contributed by atoms with Gasteiger partial charge in [0, 0.05) is 36.8 Å². The molecule has 9 nitrogen and oxygen atoms in total. The van der Waals surface area contributed by atoms with Gasteiger partial charge in [0.05, 0.1) is 22.9 Å². The minimum absolute atomic E-state index is 0.103. The summed E-state index contributed by atoms with van der Waals surface area (Å²) in [5, 5.41) is 7.98. The van der Waals surface area contributed by atoms with E-state index >= 15 is 0 Å². The molecule has 0 atom stereocenters. The number of amides is 1. The Morgan fingerprint density at radius 3 is 2.55 bits per heavy atom. The topological polar surface area (TPSA) is 108 Å². The number of para-hydroxylation sites is 1. The summed E-state index contributed by atoms with van der Waals surface area (Å²) in [5.41, 5.74) is 1.04. The van der Waals surface area contributed by atoms with Gasteiger partial charge in [0.25, 0.3) is 11.5 Å². The fourth-order valence-corrected chi connectivity index (χ4v) is 3.08. The minimum atomic E-state index is -0.252. The Kier molecular flexibility index (Phi) is 5.33. The molecule has 0 aliphatic carbocycles. The van der Waals surface area contributed by atoms with E-state index in [1.54, 1.807) is 36.7 Å². The molecule has 9 heteroatoms. The van der Waals surface area contributed by atoms with Crippen LogP contribution in [0.5, 0.6) is 0 Å². The average molecular weight is 417 g/mol. The summed E-state index contributed by atoms with van der Waals surface area (Å²) >= 11 is 0. The number of aromatic nitrogens is 6. The lowest BCUT2D eigenvalue weighted by Gasteiger charge is -2.13. The number of fused-ring (bicyclic) bond motifs is 1. The van der Waals surface area contributed by atoms with Crippen molar-refractivity contribution in [2.75, 3.05) is 5.32 Å². The Labute approximate surface area is 178 Å². The van der Waals surface area contributed by atoms with Crippen LogP contribution in [-0.2, 0) is 16.8 Å². The first-order chi connectivity index (χ1) is 14.8. The van der Waals surface area contributed by atoms with Crippen molar-refractivity contribution in [2.45, 2.75) is 39.2 Å². The molecule has 3 aromatic heterocycles. The summed E-state index contributed by atoms with van der Waals surface area (Å²) < 4.78 is 2.96. The van der Waals surface area contributed by atoms with E-state index in [1.165, 1.54) is 15.6 Å². The van der Waals surface area contributed by atoms with Crippen LogP contribution < -0.4 is 10.9 Å². The van der Waals surface area contributed by atoms with Crippen molar-refractivity contribution in [3.05, 3.63) is 71.2 Å². The molecular formula is C22H23N7O2. The van der Waals surface area contributed by atoms with Gasteiger partial charge in [-0.05, 0) is 18.2 Å². The molecule has 0 aliphatic heterocycles. The molecule has 3 heterocycles. The standard InChI is InChI=1S/C22H23N7O2/c1-22(2,3)17-13-18(29(27-17)21-23-10-6-11-24-21)26-19(30)9-12-28-14-25-16-8-5-4-7-15(16)20(28)31/h4-8,10-11,13-14H,9,12H2,1-3H3,(H,26,30). The SMILES string of the molecule is CC(C)(C)c1cc(NC(=O)CCn2cnc3ccccc3c2=O)n(-c2ncccn2)n1. The molecule has 0 unspecified atom stereocenters. The van der Waals surface area contributed by atoms with Gasteiger partial charge in [0.2, 0.25) is 5.91 Å². The first kappa shape index (κ1) is 20.4. The fraction of sp³-hybridized carbons (Fsp3) is 0.273. The second-order valence-corrected chi connectivity index (χ2v) is 8.18.